The Morgan fingerprint density at radius 1 is 1.32 bits per heavy atom. The van der Waals surface area contributed by atoms with Gasteiger partial charge in [-0.25, -0.2) is 0 Å². The maximum atomic E-state index is 11.8. The molecule has 2 unspecified atom stereocenters. The zero-order chi connectivity index (χ0) is 14.9. The lowest BCUT2D eigenvalue weighted by Crippen LogP contribution is -2.49. The third-order valence-electron chi connectivity index (χ3n) is 3.60. The molecular formula is C16H25ClN2O3. The van der Waals surface area contributed by atoms with Gasteiger partial charge in [0.05, 0.1) is 6.61 Å². The Labute approximate surface area is 138 Å². The maximum absolute atomic E-state index is 11.8. The molecule has 0 aromatic heterocycles. The summed E-state index contributed by atoms with van der Waals surface area (Å²) < 4.78 is 10.8. The molecule has 1 aliphatic rings. The molecule has 124 valence electrons. The molecule has 1 saturated heterocycles. The minimum Gasteiger partial charge on any atom is -0.491 e. The average molecular weight is 329 g/mol. The van der Waals surface area contributed by atoms with Crippen LogP contribution in [0.25, 0.3) is 0 Å². The fourth-order valence-corrected chi connectivity index (χ4v) is 2.38. The maximum Gasteiger partial charge on any atom is 0.246 e. The molecule has 1 aromatic rings. The zero-order valence-electron chi connectivity index (χ0n) is 12.9. The summed E-state index contributed by atoms with van der Waals surface area (Å²) in [5.74, 6) is 1.23. The number of piperidine rings is 1. The Morgan fingerprint density at radius 2 is 2.09 bits per heavy atom. The summed E-state index contributed by atoms with van der Waals surface area (Å²) in [5.41, 5.74) is 0. The van der Waals surface area contributed by atoms with Crippen molar-refractivity contribution in [3.05, 3.63) is 30.3 Å². The normalized spacial score (nSPS) is 20.8. The molecule has 2 N–H and O–H groups in total. The van der Waals surface area contributed by atoms with Crippen LogP contribution in [0.1, 0.15) is 13.3 Å². The van der Waals surface area contributed by atoms with Crippen LogP contribution in [0.3, 0.4) is 0 Å². The van der Waals surface area contributed by atoms with Crippen molar-refractivity contribution in [1.29, 1.82) is 0 Å². The molecule has 2 rings (SSSR count). The number of nitrogens with one attached hydrogen (secondary N) is 2. The van der Waals surface area contributed by atoms with E-state index in [1.165, 1.54) is 0 Å². The van der Waals surface area contributed by atoms with Gasteiger partial charge < -0.3 is 20.1 Å². The number of carbonyl (C=O) groups is 1. The van der Waals surface area contributed by atoms with Crippen molar-refractivity contribution in [2.75, 3.05) is 32.9 Å². The Bertz CT molecular complexity index is 431. The van der Waals surface area contributed by atoms with Crippen LogP contribution in [0, 0.1) is 5.92 Å². The topological polar surface area (TPSA) is 59.6 Å². The van der Waals surface area contributed by atoms with Gasteiger partial charge in [-0.05, 0) is 37.6 Å². The summed E-state index contributed by atoms with van der Waals surface area (Å²) in [6, 6.07) is 9.82. The average Bonchev–Trinajstić information content (AvgIpc) is 2.50. The highest BCUT2D eigenvalue weighted by atomic mass is 35.5. The van der Waals surface area contributed by atoms with Crippen molar-refractivity contribution >= 4 is 18.3 Å². The number of halogens is 1. The first-order valence-electron chi connectivity index (χ1n) is 7.51. The lowest BCUT2D eigenvalue weighted by molar-refractivity contribution is -0.127. The number of para-hydroxylation sites is 1. The van der Waals surface area contributed by atoms with E-state index in [4.69, 9.17) is 9.47 Å². The SMILES string of the molecule is CC1CNCCC1NC(=O)COCCOc1ccccc1.Cl. The summed E-state index contributed by atoms with van der Waals surface area (Å²) >= 11 is 0. The molecule has 1 amide bonds. The van der Waals surface area contributed by atoms with Crippen molar-refractivity contribution in [3.63, 3.8) is 0 Å². The van der Waals surface area contributed by atoms with E-state index < -0.39 is 0 Å². The largest absolute Gasteiger partial charge is 0.491 e. The molecular weight excluding hydrogens is 304 g/mol. The Hall–Kier alpha value is -1.30. The molecule has 1 heterocycles. The zero-order valence-corrected chi connectivity index (χ0v) is 13.7. The third kappa shape index (κ3) is 6.64. The molecule has 1 aromatic carbocycles. The minimum absolute atomic E-state index is 0. The number of rotatable bonds is 7. The predicted molar refractivity (Wildman–Crippen MR) is 88.6 cm³/mol. The van der Waals surface area contributed by atoms with Crippen molar-refractivity contribution in [2.45, 2.75) is 19.4 Å². The molecule has 2 atom stereocenters. The summed E-state index contributed by atoms with van der Waals surface area (Å²) in [7, 11) is 0. The van der Waals surface area contributed by atoms with E-state index >= 15 is 0 Å². The Kier molecular flexibility index (Phi) is 8.89. The second-order valence-electron chi connectivity index (χ2n) is 5.36. The highest BCUT2D eigenvalue weighted by Crippen LogP contribution is 2.10. The van der Waals surface area contributed by atoms with E-state index in [0.717, 1.165) is 25.3 Å². The van der Waals surface area contributed by atoms with Crippen LogP contribution in [0.2, 0.25) is 0 Å². The standard InChI is InChI=1S/C16H24N2O3.ClH/c1-13-11-17-8-7-15(13)18-16(19)12-20-9-10-21-14-5-3-2-4-6-14;/h2-6,13,15,17H,7-12H2,1H3,(H,18,19);1H. The number of hydrogen-bond acceptors (Lipinski definition) is 4. The number of benzene rings is 1. The smallest absolute Gasteiger partial charge is 0.246 e. The molecule has 0 spiro atoms. The molecule has 0 saturated carbocycles. The quantitative estimate of drug-likeness (QED) is 0.747. The van der Waals surface area contributed by atoms with Gasteiger partial charge in [0.25, 0.3) is 0 Å². The summed E-state index contributed by atoms with van der Waals surface area (Å²) in [4.78, 5) is 11.8. The fraction of sp³-hybridized carbons (Fsp3) is 0.562. The lowest BCUT2D eigenvalue weighted by Gasteiger charge is -2.30. The predicted octanol–water partition coefficient (Wildman–Crippen LogP) is 1.62. The molecule has 0 bridgehead atoms. The minimum atomic E-state index is -0.0477. The van der Waals surface area contributed by atoms with Gasteiger partial charge in [0.15, 0.2) is 0 Å². The first kappa shape index (κ1) is 18.7. The Morgan fingerprint density at radius 3 is 2.82 bits per heavy atom. The Balaban J connectivity index is 0.00000242. The van der Waals surface area contributed by atoms with Crippen molar-refractivity contribution in [3.8, 4) is 5.75 Å². The van der Waals surface area contributed by atoms with E-state index in [0.29, 0.717) is 19.1 Å². The van der Waals surface area contributed by atoms with Gasteiger partial charge in [0.1, 0.15) is 19.0 Å². The summed E-state index contributed by atoms with van der Waals surface area (Å²) in [6.07, 6.45) is 0.976. The van der Waals surface area contributed by atoms with E-state index in [9.17, 15) is 4.79 Å². The molecule has 5 nitrogen and oxygen atoms in total. The van der Waals surface area contributed by atoms with Crippen molar-refractivity contribution in [2.24, 2.45) is 5.92 Å². The summed E-state index contributed by atoms with van der Waals surface area (Å²) in [6.45, 7) is 5.00. The highest BCUT2D eigenvalue weighted by Gasteiger charge is 2.22. The number of ether oxygens (including phenoxy) is 2. The molecule has 0 radical (unpaired) electrons. The van der Waals surface area contributed by atoms with Crippen LogP contribution in [-0.2, 0) is 9.53 Å². The van der Waals surface area contributed by atoms with Gasteiger partial charge in [-0.1, -0.05) is 25.1 Å². The molecule has 1 fully saturated rings. The van der Waals surface area contributed by atoms with Gasteiger partial charge in [-0.15, -0.1) is 12.4 Å². The van der Waals surface area contributed by atoms with Crippen LogP contribution >= 0.6 is 12.4 Å². The third-order valence-corrected chi connectivity index (χ3v) is 3.60. The lowest BCUT2D eigenvalue weighted by atomic mass is 9.95. The van der Waals surface area contributed by atoms with Crippen LogP contribution in [0.5, 0.6) is 5.75 Å². The molecule has 1 aliphatic heterocycles. The first-order valence-corrected chi connectivity index (χ1v) is 7.51. The van der Waals surface area contributed by atoms with Gasteiger partial charge in [0.2, 0.25) is 5.91 Å². The second-order valence-corrected chi connectivity index (χ2v) is 5.36. The van der Waals surface area contributed by atoms with Crippen LogP contribution < -0.4 is 15.4 Å². The number of carbonyl (C=O) groups excluding carboxylic acids is 1. The molecule has 22 heavy (non-hydrogen) atoms. The van der Waals surface area contributed by atoms with Crippen LogP contribution in [0.4, 0.5) is 0 Å². The van der Waals surface area contributed by atoms with Crippen molar-refractivity contribution in [1.82, 2.24) is 10.6 Å². The fourth-order valence-electron chi connectivity index (χ4n) is 2.38. The van der Waals surface area contributed by atoms with E-state index in [1.54, 1.807) is 0 Å². The van der Waals surface area contributed by atoms with Gasteiger partial charge in [-0.2, -0.15) is 0 Å². The van der Waals surface area contributed by atoms with Crippen molar-refractivity contribution < 1.29 is 14.3 Å². The monoisotopic (exact) mass is 328 g/mol. The van der Waals surface area contributed by atoms with E-state index in [1.807, 2.05) is 30.3 Å². The second kappa shape index (κ2) is 10.4. The molecule has 0 aliphatic carbocycles. The summed E-state index contributed by atoms with van der Waals surface area (Å²) in [5, 5.41) is 6.35. The van der Waals surface area contributed by atoms with Gasteiger partial charge in [0, 0.05) is 6.04 Å². The van der Waals surface area contributed by atoms with Crippen LogP contribution in [0.15, 0.2) is 30.3 Å². The van der Waals surface area contributed by atoms with Gasteiger partial charge >= 0.3 is 0 Å². The van der Waals surface area contributed by atoms with Crippen LogP contribution in [-0.4, -0.2) is 44.9 Å². The van der Waals surface area contributed by atoms with E-state index in [2.05, 4.69) is 17.6 Å². The number of amides is 1. The first-order chi connectivity index (χ1) is 10.3. The van der Waals surface area contributed by atoms with Gasteiger partial charge in [-0.3, -0.25) is 4.79 Å². The molecule has 6 heteroatoms. The highest BCUT2D eigenvalue weighted by molar-refractivity contribution is 5.85. The number of hydrogen-bond donors (Lipinski definition) is 2. The van der Waals surface area contributed by atoms with E-state index in [-0.39, 0.29) is 31.0 Å².